The van der Waals surface area contributed by atoms with Crippen LogP contribution in [0.4, 0.5) is 11.4 Å². The summed E-state index contributed by atoms with van der Waals surface area (Å²) >= 11 is 1.89. The molecule has 1 unspecified atom stereocenters. The highest BCUT2D eigenvalue weighted by atomic mass is 32.2. The summed E-state index contributed by atoms with van der Waals surface area (Å²) in [4.78, 5) is 11.0. The molecular weight excluding hydrogens is 276 g/mol. The van der Waals surface area contributed by atoms with Gasteiger partial charge in [0.2, 0.25) is 0 Å². The zero-order valence-electron chi connectivity index (χ0n) is 11.6. The average molecular weight is 296 g/mol. The quantitative estimate of drug-likeness (QED) is 0.640. The Morgan fingerprint density at radius 2 is 2.40 bits per heavy atom. The summed E-state index contributed by atoms with van der Waals surface area (Å²) in [5, 5.41) is 14.6. The van der Waals surface area contributed by atoms with Gasteiger partial charge in [0.1, 0.15) is 5.69 Å². The number of hydrogen-bond donors (Lipinski definition) is 1. The molecular formula is C14H20N2O3S. The lowest BCUT2D eigenvalue weighted by Crippen LogP contribution is -2.26. The summed E-state index contributed by atoms with van der Waals surface area (Å²) < 4.78 is 5.49. The van der Waals surface area contributed by atoms with Crippen molar-refractivity contribution in [3.8, 4) is 5.75 Å². The van der Waals surface area contributed by atoms with Gasteiger partial charge in [0.05, 0.1) is 11.5 Å². The molecule has 1 aliphatic rings. The van der Waals surface area contributed by atoms with Crippen molar-refractivity contribution < 1.29 is 9.66 Å². The fourth-order valence-electron chi connectivity index (χ4n) is 2.23. The van der Waals surface area contributed by atoms with E-state index in [0.717, 1.165) is 25.0 Å². The van der Waals surface area contributed by atoms with Crippen LogP contribution in [0.15, 0.2) is 18.2 Å². The van der Waals surface area contributed by atoms with Crippen molar-refractivity contribution in [2.75, 3.05) is 23.4 Å². The Labute approximate surface area is 123 Å². The molecule has 1 aliphatic heterocycles. The summed E-state index contributed by atoms with van der Waals surface area (Å²) in [7, 11) is 0. The Morgan fingerprint density at radius 3 is 3.05 bits per heavy atom. The van der Waals surface area contributed by atoms with Gasteiger partial charge in [0.25, 0.3) is 0 Å². The molecule has 1 aromatic rings. The van der Waals surface area contributed by atoms with Gasteiger partial charge in [-0.1, -0.05) is 13.0 Å². The molecule has 0 radical (unpaired) electrons. The summed E-state index contributed by atoms with van der Waals surface area (Å²) in [6.07, 6.45) is 3.04. The summed E-state index contributed by atoms with van der Waals surface area (Å²) in [6, 6.07) is 5.52. The first-order valence-corrected chi connectivity index (χ1v) is 8.12. The van der Waals surface area contributed by atoms with Gasteiger partial charge >= 0.3 is 5.69 Å². The third-order valence-electron chi connectivity index (χ3n) is 3.16. The number of rotatable bonds is 6. The normalized spacial score (nSPS) is 18.6. The first kappa shape index (κ1) is 15.0. The molecule has 110 valence electrons. The predicted octanol–water partition coefficient (Wildman–Crippen LogP) is 3.69. The van der Waals surface area contributed by atoms with E-state index in [0.29, 0.717) is 24.1 Å². The highest BCUT2D eigenvalue weighted by Gasteiger charge is 2.23. The topological polar surface area (TPSA) is 64.4 Å². The monoisotopic (exact) mass is 296 g/mol. The van der Waals surface area contributed by atoms with E-state index in [4.69, 9.17) is 4.74 Å². The molecule has 0 amide bonds. The smallest absolute Gasteiger partial charge is 0.333 e. The highest BCUT2D eigenvalue weighted by molar-refractivity contribution is 7.99. The first-order chi connectivity index (χ1) is 9.72. The fourth-order valence-corrected chi connectivity index (χ4v) is 3.30. The molecule has 20 heavy (non-hydrogen) atoms. The van der Waals surface area contributed by atoms with Crippen molar-refractivity contribution in [3.05, 3.63) is 28.3 Å². The van der Waals surface area contributed by atoms with Gasteiger partial charge in [-0.05, 0) is 37.1 Å². The van der Waals surface area contributed by atoms with Gasteiger partial charge in [0.15, 0.2) is 5.75 Å². The number of nitro groups is 1. The first-order valence-electron chi connectivity index (χ1n) is 6.97. The zero-order chi connectivity index (χ0) is 14.4. The standard InChI is InChI=1S/C14H20N2O3S/c1-2-8-19-13-7-3-6-12(14(13)16(17)18)15-11-5-4-9-20-10-11/h3,6-7,11,15H,2,4-5,8-10H2,1H3. The van der Waals surface area contributed by atoms with Crippen LogP contribution in [0, 0.1) is 10.1 Å². The number of nitrogens with zero attached hydrogens (tertiary/aromatic N) is 1. The minimum Gasteiger partial charge on any atom is -0.487 e. The Kier molecular flexibility index (Phi) is 5.52. The number of para-hydroxylation sites is 1. The van der Waals surface area contributed by atoms with Crippen LogP contribution in [0.25, 0.3) is 0 Å². The molecule has 1 heterocycles. The molecule has 6 heteroatoms. The molecule has 0 saturated carbocycles. The summed E-state index contributed by atoms with van der Waals surface area (Å²) in [6.45, 7) is 2.47. The van der Waals surface area contributed by atoms with Crippen molar-refractivity contribution >= 4 is 23.1 Å². The maximum atomic E-state index is 11.3. The fraction of sp³-hybridized carbons (Fsp3) is 0.571. The molecule has 1 fully saturated rings. The van der Waals surface area contributed by atoms with E-state index in [9.17, 15) is 10.1 Å². The summed E-state index contributed by atoms with van der Waals surface area (Å²) in [5.41, 5.74) is 0.618. The van der Waals surface area contributed by atoms with Crippen LogP contribution in [-0.2, 0) is 0 Å². The Balaban J connectivity index is 2.19. The van der Waals surface area contributed by atoms with Gasteiger partial charge < -0.3 is 10.1 Å². The SMILES string of the molecule is CCCOc1cccc(NC2CCCSC2)c1[N+](=O)[O-]. The van der Waals surface area contributed by atoms with Crippen LogP contribution in [0.3, 0.4) is 0 Å². The number of benzene rings is 1. The van der Waals surface area contributed by atoms with E-state index in [-0.39, 0.29) is 10.6 Å². The van der Waals surface area contributed by atoms with E-state index < -0.39 is 0 Å². The number of ether oxygens (including phenoxy) is 1. The Hall–Kier alpha value is -1.43. The molecule has 2 rings (SSSR count). The number of thioether (sulfide) groups is 1. The molecule has 0 bridgehead atoms. The van der Waals surface area contributed by atoms with Crippen molar-refractivity contribution in [2.24, 2.45) is 0 Å². The molecule has 0 spiro atoms. The van der Waals surface area contributed by atoms with Crippen molar-refractivity contribution in [3.63, 3.8) is 0 Å². The van der Waals surface area contributed by atoms with E-state index in [1.807, 2.05) is 18.7 Å². The number of hydrogen-bond acceptors (Lipinski definition) is 5. The average Bonchev–Trinajstić information content (AvgIpc) is 2.46. The van der Waals surface area contributed by atoms with Crippen LogP contribution in [-0.4, -0.2) is 29.1 Å². The van der Waals surface area contributed by atoms with Crippen LogP contribution in [0.1, 0.15) is 26.2 Å². The largest absolute Gasteiger partial charge is 0.487 e. The van der Waals surface area contributed by atoms with E-state index in [2.05, 4.69) is 5.32 Å². The molecule has 1 saturated heterocycles. The maximum absolute atomic E-state index is 11.3. The third kappa shape index (κ3) is 3.79. The lowest BCUT2D eigenvalue weighted by Gasteiger charge is -2.23. The second-order valence-electron chi connectivity index (χ2n) is 4.82. The molecule has 0 aliphatic carbocycles. The predicted molar refractivity (Wildman–Crippen MR) is 82.9 cm³/mol. The molecule has 1 N–H and O–H groups in total. The van der Waals surface area contributed by atoms with Crippen molar-refractivity contribution in [1.82, 2.24) is 0 Å². The number of nitrogens with one attached hydrogen (secondary N) is 1. The number of nitro benzene ring substituents is 1. The molecule has 0 aromatic heterocycles. The lowest BCUT2D eigenvalue weighted by molar-refractivity contribution is -0.385. The van der Waals surface area contributed by atoms with E-state index >= 15 is 0 Å². The summed E-state index contributed by atoms with van der Waals surface area (Å²) in [5.74, 6) is 2.53. The van der Waals surface area contributed by atoms with Gasteiger partial charge in [-0.25, -0.2) is 0 Å². The van der Waals surface area contributed by atoms with Crippen molar-refractivity contribution in [2.45, 2.75) is 32.2 Å². The van der Waals surface area contributed by atoms with Gasteiger partial charge in [-0.2, -0.15) is 11.8 Å². The minimum atomic E-state index is -0.358. The van der Waals surface area contributed by atoms with Crippen LogP contribution in [0.5, 0.6) is 5.75 Å². The van der Waals surface area contributed by atoms with E-state index in [1.165, 1.54) is 5.75 Å². The third-order valence-corrected chi connectivity index (χ3v) is 4.38. The second kappa shape index (κ2) is 7.38. The van der Waals surface area contributed by atoms with Gasteiger partial charge in [-0.15, -0.1) is 0 Å². The van der Waals surface area contributed by atoms with Gasteiger partial charge in [-0.3, -0.25) is 10.1 Å². The van der Waals surface area contributed by atoms with E-state index in [1.54, 1.807) is 18.2 Å². The highest BCUT2D eigenvalue weighted by Crippen LogP contribution is 2.36. The van der Waals surface area contributed by atoms with Crippen molar-refractivity contribution in [1.29, 1.82) is 0 Å². The zero-order valence-corrected chi connectivity index (χ0v) is 12.4. The number of anilines is 1. The Bertz CT molecular complexity index is 462. The van der Waals surface area contributed by atoms with Crippen LogP contribution in [0.2, 0.25) is 0 Å². The molecule has 1 aromatic carbocycles. The Morgan fingerprint density at radius 1 is 1.55 bits per heavy atom. The molecule has 1 atom stereocenters. The van der Waals surface area contributed by atoms with Crippen LogP contribution < -0.4 is 10.1 Å². The molecule has 5 nitrogen and oxygen atoms in total. The minimum absolute atomic E-state index is 0.0523. The lowest BCUT2D eigenvalue weighted by atomic mass is 10.1. The van der Waals surface area contributed by atoms with Gasteiger partial charge in [0, 0.05) is 11.8 Å². The maximum Gasteiger partial charge on any atom is 0.333 e. The van der Waals surface area contributed by atoms with Crippen LogP contribution >= 0.6 is 11.8 Å². The second-order valence-corrected chi connectivity index (χ2v) is 5.97.